The van der Waals surface area contributed by atoms with E-state index in [2.05, 4.69) is 90.2 Å². The maximum absolute atomic E-state index is 3.57. The van der Waals surface area contributed by atoms with Crippen molar-refractivity contribution in [3.8, 4) is 11.1 Å². The Labute approximate surface area is 145 Å². The van der Waals surface area contributed by atoms with Crippen LogP contribution in [0.4, 0.5) is 11.4 Å². The van der Waals surface area contributed by atoms with E-state index in [0.717, 1.165) is 0 Å². The Morgan fingerprint density at radius 3 is 2.21 bits per heavy atom. The Hall–Kier alpha value is -2.71. The summed E-state index contributed by atoms with van der Waals surface area (Å²) in [5.74, 6) is 0. The Balaban J connectivity index is 1.58. The molecule has 1 N–H and O–H groups in total. The summed E-state index contributed by atoms with van der Waals surface area (Å²) in [5, 5.41) is 6.12. The third-order valence-corrected chi connectivity index (χ3v) is 5.59. The Morgan fingerprint density at radius 1 is 0.542 bits per heavy atom. The molecule has 2 heteroatoms. The van der Waals surface area contributed by atoms with Crippen LogP contribution in [0.3, 0.4) is 0 Å². The molecule has 114 valence electrons. The van der Waals surface area contributed by atoms with Gasteiger partial charge in [0.15, 0.2) is 0 Å². The van der Waals surface area contributed by atoms with Crippen LogP contribution in [0.1, 0.15) is 0 Å². The van der Waals surface area contributed by atoms with Crippen molar-refractivity contribution in [2.45, 2.75) is 9.79 Å². The molecule has 0 saturated carbocycles. The molecule has 0 saturated heterocycles. The Bertz CT molecular complexity index is 1070. The van der Waals surface area contributed by atoms with Gasteiger partial charge in [0, 0.05) is 9.79 Å². The van der Waals surface area contributed by atoms with Crippen molar-refractivity contribution in [1.82, 2.24) is 0 Å². The predicted octanol–water partition coefficient (Wildman–Crippen LogP) is 6.72. The zero-order valence-corrected chi connectivity index (χ0v) is 13.8. The topological polar surface area (TPSA) is 12.0 Å². The molecule has 1 aliphatic rings. The lowest BCUT2D eigenvalue weighted by Gasteiger charge is -2.21. The van der Waals surface area contributed by atoms with E-state index in [-0.39, 0.29) is 0 Å². The van der Waals surface area contributed by atoms with Gasteiger partial charge in [-0.3, -0.25) is 0 Å². The molecule has 1 heterocycles. The molecule has 24 heavy (non-hydrogen) atoms. The lowest BCUT2D eigenvalue weighted by atomic mass is 10.0. The highest BCUT2D eigenvalue weighted by Crippen LogP contribution is 2.45. The van der Waals surface area contributed by atoms with E-state index >= 15 is 0 Å². The van der Waals surface area contributed by atoms with Gasteiger partial charge >= 0.3 is 0 Å². The molecule has 5 rings (SSSR count). The van der Waals surface area contributed by atoms with Crippen LogP contribution in [0.5, 0.6) is 0 Å². The van der Waals surface area contributed by atoms with Gasteiger partial charge in [-0.15, -0.1) is 0 Å². The minimum Gasteiger partial charge on any atom is -0.354 e. The first-order chi connectivity index (χ1) is 11.9. The predicted molar refractivity (Wildman–Crippen MR) is 103 cm³/mol. The summed E-state index contributed by atoms with van der Waals surface area (Å²) in [6, 6.07) is 30.3. The van der Waals surface area contributed by atoms with Gasteiger partial charge in [-0.05, 0) is 52.2 Å². The number of hydrogen-bond acceptors (Lipinski definition) is 2. The Morgan fingerprint density at radius 2 is 1.25 bits per heavy atom. The van der Waals surface area contributed by atoms with Gasteiger partial charge in [-0.2, -0.15) is 0 Å². The molecule has 0 unspecified atom stereocenters. The molecule has 0 amide bonds. The van der Waals surface area contributed by atoms with Crippen molar-refractivity contribution in [2.75, 3.05) is 5.32 Å². The van der Waals surface area contributed by atoms with Crippen LogP contribution >= 0.6 is 11.8 Å². The quantitative estimate of drug-likeness (QED) is 0.367. The third-order valence-electron chi connectivity index (χ3n) is 4.44. The van der Waals surface area contributed by atoms with Crippen molar-refractivity contribution < 1.29 is 0 Å². The standard InChI is InChI=1S/C22H15NS/c1-2-6-16-13-17(10-9-15(16)5-1)18-11-12-22-20(14-18)23-19-7-3-4-8-21(19)24-22/h1-14,23H. The molecule has 1 aliphatic heterocycles. The normalized spacial score (nSPS) is 12.3. The highest BCUT2D eigenvalue weighted by molar-refractivity contribution is 7.99. The number of hydrogen-bond donors (Lipinski definition) is 1. The number of anilines is 2. The molecule has 0 bridgehead atoms. The summed E-state index contributed by atoms with van der Waals surface area (Å²) in [6.45, 7) is 0. The highest BCUT2D eigenvalue weighted by Gasteiger charge is 2.15. The molecule has 0 atom stereocenters. The second kappa shape index (κ2) is 5.43. The molecule has 0 radical (unpaired) electrons. The van der Waals surface area contributed by atoms with E-state index in [1.807, 2.05) is 11.8 Å². The van der Waals surface area contributed by atoms with Gasteiger partial charge in [-0.1, -0.05) is 66.4 Å². The first-order valence-corrected chi connectivity index (χ1v) is 8.86. The molecule has 1 nitrogen and oxygen atoms in total. The molecule has 0 fully saturated rings. The fourth-order valence-electron chi connectivity index (χ4n) is 3.19. The minimum atomic E-state index is 1.18. The Kier molecular flexibility index (Phi) is 3.10. The molecular weight excluding hydrogens is 310 g/mol. The van der Waals surface area contributed by atoms with Crippen LogP contribution in [0.25, 0.3) is 21.9 Å². The molecule has 0 aliphatic carbocycles. The maximum atomic E-state index is 3.57. The molecule has 0 aromatic heterocycles. The fraction of sp³-hybridized carbons (Fsp3) is 0. The summed E-state index contributed by atoms with van der Waals surface area (Å²) in [5.41, 5.74) is 4.86. The summed E-state index contributed by atoms with van der Waals surface area (Å²) in [6.07, 6.45) is 0. The average Bonchev–Trinajstić information content (AvgIpc) is 2.65. The van der Waals surface area contributed by atoms with Gasteiger partial charge in [0.1, 0.15) is 0 Å². The van der Waals surface area contributed by atoms with Crippen LogP contribution in [0.2, 0.25) is 0 Å². The molecule has 4 aromatic rings. The first-order valence-electron chi connectivity index (χ1n) is 8.04. The van der Waals surface area contributed by atoms with Gasteiger partial charge in [0.25, 0.3) is 0 Å². The maximum Gasteiger partial charge on any atom is 0.0532 e. The van der Waals surface area contributed by atoms with Crippen molar-refractivity contribution >= 4 is 33.9 Å². The number of fused-ring (bicyclic) bond motifs is 3. The van der Waals surface area contributed by atoms with Gasteiger partial charge < -0.3 is 5.32 Å². The van der Waals surface area contributed by atoms with E-state index < -0.39 is 0 Å². The smallest absolute Gasteiger partial charge is 0.0532 e. The van der Waals surface area contributed by atoms with E-state index in [0.29, 0.717) is 0 Å². The van der Waals surface area contributed by atoms with Crippen LogP contribution in [0, 0.1) is 0 Å². The van der Waals surface area contributed by atoms with Gasteiger partial charge in [-0.25, -0.2) is 0 Å². The van der Waals surface area contributed by atoms with E-state index in [1.165, 1.54) is 43.1 Å². The van der Waals surface area contributed by atoms with Gasteiger partial charge in [0.05, 0.1) is 11.4 Å². The van der Waals surface area contributed by atoms with Crippen molar-refractivity contribution in [2.24, 2.45) is 0 Å². The van der Waals surface area contributed by atoms with Crippen LogP contribution in [-0.4, -0.2) is 0 Å². The number of nitrogens with one attached hydrogen (secondary N) is 1. The van der Waals surface area contributed by atoms with Crippen molar-refractivity contribution in [3.05, 3.63) is 84.9 Å². The molecule has 4 aromatic carbocycles. The summed E-state index contributed by atoms with van der Waals surface area (Å²) < 4.78 is 0. The SMILES string of the molecule is c1ccc2c(c1)Nc1cc(-c3ccc4ccccc4c3)ccc1S2. The lowest BCUT2D eigenvalue weighted by molar-refractivity contribution is 1.32. The van der Waals surface area contributed by atoms with Crippen LogP contribution < -0.4 is 5.32 Å². The van der Waals surface area contributed by atoms with E-state index in [4.69, 9.17) is 0 Å². The lowest BCUT2D eigenvalue weighted by Crippen LogP contribution is -1.99. The molecular formula is C22H15NS. The third kappa shape index (κ3) is 2.27. The zero-order chi connectivity index (χ0) is 15.9. The fourth-order valence-corrected chi connectivity index (χ4v) is 4.16. The highest BCUT2D eigenvalue weighted by atomic mass is 32.2. The zero-order valence-electron chi connectivity index (χ0n) is 13.0. The summed E-state index contributed by atoms with van der Waals surface area (Å²) >= 11 is 1.83. The van der Waals surface area contributed by atoms with Crippen LogP contribution in [-0.2, 0) is 0 Å². The van der Waals surface area contributed by atoms with E-state index in [1.54, 1.807) is 0 Å². The minimum absolute atomic E-state index is 1.18. The summed E-state index contributed by atoms with van der Waals surface area (Å²) in [4.78, 5) is 2.56. The number of para-hydroxylation sites is 1. The second-order valence-electron chi connectivity index (χ2n) is 6.00. The monoisotopic (exact) mass is 325 g/mol. The van der Waals surface area contributed by atoms with E-state index in [9.17, 15) is 0 Å². The average molecular weight is 325 g/mol. The first kappa shape index (κ1) is 13.7. The largest absolute Gasteiger partial charge is 0.354 e. The number of rotatable bonds is 1. The summed E-state index contributed by atoms with van der Waals surface area (Å²) in [7, 11) is 0. The second-order valence-corrected chi connectivity index (χ2v) is 7.08. The molecule has 0 spiro atoms. The number of benzene rings is 4. The van der Waals surface area contributed by atoms with Crippen LogP contribution in [0.15, 0.2) is 94.7 Å². The van der Waals surface area contributed by atoms with Gasteiger partial charge in [0.2, 0.25) is 0 Å². The van der Waals surface area contributed by atoms with Crippen molar-refractivity contribution in [3.63, 3.8) is 0 Å². The van der Waals surface area contributed by atoms with Crippen molar-refractivity contribution in [1.29, 1.82) is 0 Å².